The number of halogens is 1. The number of carbonyl (C=O) groups excluding carboxylic acids is 1. The SMILES string of the molecule is CCCCOC(=O)C1=C(C)Nc2nc(SCC)nn2C1c1cc(Br)c(OCc2cccc(C)c2)c(OC)c1. The number of thioether (sulfide) groups is 1. The van der Waals surface area contributed by atoms with Gasteiger partial charge in [0.15, 0.2) is 11.5 Å². The second-order valence-corrected chi connectivity index (χ2v) is 11.0. The molecule has 10 heteroatoms. The van der Waals surface area contributed by atoms with Crippen LogP contribution in [0.15, 0.2) is 57.3 Å². The minimum Gasteiger partial charge on any atom is -0.493 e. The Balaban J connectivity index is 1.74. The lowest BCUT2D eigenvalue weighted by molar-refractivity contribution is -0.139. The van der Waals surface area contributed by atoms with Crippen molar-refractivity contribution in [1.82, 2.24) is 14.8 Å². The van der Waals surface area contributed by atoms with E-state index in [1.807, 2.05) is 38.1 Å². The van der Waals surface area contributed by atoms with E-state index in [2.05, 4.69) is 52.2 Å². The van der Waals surface area contributed by atoms with Gasteiger partial charge in [-0.25, -0.2) is 9.48 Å². The number of anilines is 1. The van der Waals surface area contributed by atoms with Crippen LogP contribution < -0.4 is 14.8 Å². The molecular formula is C28H33BrN4O4S. The zero-order chi connectivity index (χ0) is 27.2. The number of nitrogens with one attached hydrogen (secondary N) is 1. The average Bonchev–Trinajstić information content (AvgIpc) is 3.28. The number of esters is 1. The lowest BCUT2D eigenvalue weighted by atomic mass is 9.95. The van der Waals surface area contributed by atoms with Crippen LogP contribution in [0.2, 0.25) is 0 Å². The first-order valence-electron chi connectivity index (χ1n) is 12.7. The van der Waals surface area contributed by atoms with Crippen LogP contribution in [-0.4, -0.2) is 40.2 Å². The van der Waals surface area contributed by atoms with Gasteiger partial charge in [-0.3, -0.25) is 0 Å². The molecule has 0 bridgehead atoms. The van der Waals surface area contributed by atoms with Gasteiger partial charge in [0.2, 0.25) is 11.1 Å². The van der Waals surface area contributed by atoms with Crippen molar-refractivity contribution >= 4 is 39.6 Å². The molecule has 3 aromatic rings. The predicted molar refractivity (Wildman–Crippen MR) is 153 cm³/mol. The molecule has 38 heavy (non-hydrogen) atoms. The third-order valence-corrected chi connectivity index (χ3v) is 7.40. The van der Waals surface area contributed by atoms with E-state index >= 15 is 0 Å². The van der Waals surface area contributed by atoms with E-state index in [0.717, 1.165) is 29.7 Å². The fourth-order valence-corrected chi connectivity index (χ4v) is 5.41. The van der Waals surface area contributed by atoms with Crippen LogP contribution in [0, 0.1) is 6.92 Å². The standard InChI is InChI=1S/C28H33BrN4O4S/c1-6-8-12-36-26(34)23-18(4)30-27-31-28(38-7-2)32-33(27)24(23)20-14-21(29)25(22(15-20)35-5)37-16-19-11-9-10-17(3)13-19/h9-11,13-15,24H,6-8,12,16H2,1-5H3,(H,30,31,32). The van der Waals surface area contributed by atoms with Gasteiger partial charge in [0, 0.05) is 5.70 Å². The Kier molecular flexibility index (Phi) is 9.38. The third kappa shape index (κ3) is 6.18. The molecule has 0 amide bonds. The van der Waals surface area contributed by atoms with Gasteiger partial charge in [-0.05, 0) is 65.2 Å². The van der Waals surface area contributed by atoms with Crippen LogP contribution in [0.3, 0.4) is 0 Å². The van der Waals surface area contributed by atoms with E-state index in [-0.39, 0.29) is 5.97 Å². The summed E-state index contributed by atoms with van der Waals surface area (Å²) >= 11 is 5.23. The molecule has 0 saturated carbocycles. The number of allylic oxidation sites excluding steroid dienone is 1. The number of ether oxygens (including phenoxy) is 3. The summed E-state index contributed by atoms with van der Waals surface area (Å²) in [6, 6.07) is 11.4. The molecule has 1 unspecified atom stereocenters. The van der Waals surface area contributed by atoms with Gasteiger partial charge >= 0.3 is 5.97 Å². The summed E-state index contributed by atoms with van der Waals surface area (Å²) < 4.78 is 20.0. The molecule has 1 aromatic heterocycles. The summed E-state index contributed by atoms with van der Waals surface area (Å²) in [6.07, 6.45) is 1.74. The van der Waals surface area contributed by atoms with Crippen LogP contribution in [-0.2, 0) is 16.1 Å². The molecule has 8 nitrogen and oxygen atoms in total. The highest BCUT2D eigenvalue weighted by Gasteiger charge is 2.36. The summed E-state index contributed by atoms with van der Waals surface area (Å²) in [5.41, 5.74) is 4.18. The number of unbranched alkanes of at least 4 members (excludes halogenated alkanes) is 1. The number of nitrogens with zero attached hydrogens (tertiary/aromatic N) is 3. The van der Waals surface area contributed by atoms with E-state index in [0.29, 0.717) is 51.6 Å². The molecule has 202 valence electrons. The van der Waals surface area contributed by atoms with Crippen molar-refractivity contribution in [3.8, 4) is 11.5 Å². The average molecular weight is 602 g/mol. The van der Waals surface area contributed by atoms with Gasteiger partial charge in [-0.2, -0.15) is 4.98 Å². The lowest BCUT2D eigenvalue weighted by Crippen LogP contribution is -2.30. The number of methoxy groups -OCH3 is 1. The van der Waals surface area contributed by atoms with Gasteiger partial charge in [-0.1, -0.05) is 61.9 Å². The number of aromatic nitrogens is 3. The fraction of sp³-hybridized carbons (Fsp3) is 0.393. The van der Waals surface area contributed by atoms with Crippen molar-refractivity contribution in [3.05, 3.63) is 68.8 Å². The maximum atomic E-state index is 13.3. The van der Waals surface area contributed by atoms with E-state index < -0.39 is 6.04 Å². The van der Waals surface area contributed by atoms with Crippen molar-refractivity contribution in [3.63, 3.8) is 0 Å². The normalized spacial score (nSPS) is 14.6. The maximum absolute atomic E-state index is 13.3. The van der Waals surface area contributed by atoms with Crippen molar-refractivity contribution in [2.75, 3.05) is 24.8 Å². The summed E-state index contributed by atoms with van der Waals surface area (Å²) in [5, 5.41) is 8.61. The highest BCUT2D eigenvalue weighted by atomic mass is 79.9. The second kappa shape index (κ2) is 12.7. The third-order valence-electron chi connectivity index (χ3n) is 6.09. The molecule has 2 heterocycles. The molecule has 0 spiro atoms. The molecule has 1 atom stereocenters. The number of aryl methyl sites for hydroxylation is 1. The van der Waals surface area contributed by atoms with Gasteiger partial charge in [0.05, 0.1) is 23.8 Å². The Hall–Kier alpha value is -2.98. The lowest BCUT2D eigenvalue weighted by Gasteiger charge is -2.29. The van der Waals surface area contributed by atoms with Crippen LogP contribution >= 0.6 is 27.7 Å². The highest BCUT2D eigenvalue weighted by molar-refractivity contribution is 9.10. The molecule has 2 aromatic carbocycles. The van der Waals surface area contributed by atoms with Crippen LogP contribution in [0.1, 0.15) is 56.3 Å². The van der Waals surface area contributed by atoms with E-state index in [4.69, 9.17) is 19.3 Å². The first-order chi connectivity index (χ1) is 18.4. The molecule has 1 aliphatic rings. The number of hydrogen-bond donors (Lipinski definition) is 1. The number of benzene rings is 2. The topological polar surface area (TPSA) is 87.5 Å². The van der Waals surface area contributed by atoms with E-state index in [1.54, 1.807) is 23.6 Å². The van der Waals surface area contributed by atoms with Crippen molar-refractivity contribution < 1.29 is 19.0 Å². The van der Waals surface area contributed by atoms with Crippen LogP contribution in [0.4, 0.5) is 5.95 Å². The number of fused-ring (bicyclic) bond motifs is 1. The van der Waals surface area contributed by atoms with Crippen molar-refractivity contribution in [2.45, 2.75) is 58.3 Å². The molecule has 4 rings (SSSR count). The second-order valence-electron chi connectivity index (χ2n) is 8.96. The Morgan fingerprint density at radius 2 is 2.03 bits per heavy atom. The number of carbonyl (C=O) groups is 1. The number of rotatable bonds is 11. The maximum Gasteiger partial charge on any atom is 0.338 e. The van der Waals surface area contributed by atoms with Gasteiger partial charge in [0.1, 0.15) is 12.6 Å². The minimum absolute atomic E-state index is 0.360. The highest BCUT2D eigenvalue weighted by Crippen LogP contribution is 2.43. The molecule has 0 radical (unpaired) electrons. The first kappa shape index (κ1) is 28.0. The van der Waals surface area contributed by atoms with Gasteiger partial charge < -0.3 is 19.5 Å². The summed E-state index contributed by atoms with van der Waals surface area (Å²) in [6.45, 7) is 8.77. The monoisotopic (exact) mass is 600 g/mol. The van der Waals surface area contributed by atoms with Gasteiger partial charge in [-0.15, -0.1) is 5.10 Å². The first-order valence-corrected chi connectivity index (χ1v) is 14.4. The Labute approximate surface area is 236 Å². The minimum atomic E-state index is -0.560. The molecule has 0 saturated heterocycles. The largest absolute Gasteiger partial charge is 0.493 e. The van der Waals surface area contributed by atoms with Gasteiger partial charge in [0.25, 0.3) is 0 Å². The van der Waals surface area contributed by atoms with Crippen LogP contribution in [0.25, 0.3) is 0 Å². The van der Waals surface area contributed by atoms with Crippen LogP contribution in [0.5, 0.6) is 11.5 Å². The summed E-state index contributed by atoms with van der Waals surface area (Å²) in [5.74, 6) is 2.15. The molecule has 0 fully saturated rings. The quantitative estimate of drug-likeness (QED) is 0.148. The predicted octanol–water partition coefficient (Wildman–Crippen LogP) is 6.68. The van der Waals surface area contributed by atoms with E-state index in [9.17, 15) is 4.79 Å². The molecule has 1 N–H and O–H groups in total. The Bertz CT molecular complexity index is 1340. The Morgan fingerprint density at radius 3 is 2.74 bits per heavy atom. The Morgan fingerprint density at radius 1 is 1.21 bits per heavy atom. The number of hydrogen-bond acceptors (Lipinski definition) is 8. The molecule has 1 aliphatic heterocycles. The van der Waals surface area contributed by atoms with E-state index in [1.165, 1.54) is 5.56 Å². The molecular weight excluding hydrogens is 568 g/mol. The smallest absolute Gasteiger partial charge is 0.338 e. The van der Waals surface area contributed by atoms with Crippen molar-refractivity contribution in [2.24, 2.45) is 0 Å². The zero-order valence-corrected chi connectivity index (χ0v) is 24.7. The zero-order valence-electron chi connectivity index (χ0n) is 22.3. The summed E-state index contributed by atoms with van der Waals surface area (Å²) in [4.78, 5) is 18.0. The fourth-order valence-electron chi connectivity index (χ4n) is 4.28. The van der Waals surface area contributed by atoms with Crippen molar-refractivity contribution in [1.29, 1.82) is 0 Å². The molecule has 0 aliphatic carbocycles. The summed E-state index contributed by atoms with van der Waals surface area (Å²) in [7, 11) is 1.60.